The van der Waals surface area contributed by atoms with Gasteiger partial charge in [0.05, 0.1) is 11.8 Å². The molecule has 4 nitrogen and oxygen atoms in total. The highest BCUT2D eigenvalue weighted by Gasteiger charge is 2.46. The van der Waals surface area contributed by atoms with Crippen LogP contribution in [0.5, 0.6) is 0 Å². The van der Waals surface area contributed by atoms with Crippen molar-refractivity contribution in [2.75, 3.05) is 7.11 Å². The van der Waals surface area contributed by atoms with Crippen LogP contribution in [-0.2, 0) is 10.4 Å². The third-order valence-electron chi connectivity index (χ3n) is 6.68. The van der Waals surface area contributed by atoms with E-state index in [4.69, 9.17) is 20.5 Å². The smallest absolute Gasteiger partial charge is 0.181 e. The van der Waals surface area contributed by atoms with Crippen molar-refractivity contribution in [1.29, 1.82) is 0 Å². The summed E-state index contributed by atoms with van der Waals surface area (Å²) in [5, 5.41) is 0. The Morgan fingerprint density at radius 1 is 1.00 bits per heavy atom. The number of benzene rings is 2. The fourth-order valence-corrected chi connectivity index (χ4v) is 4.95. The summed E-state index contributed by atoms with van der Waals surface area (Å²) in [5.74, 6) is 7.00. The number of nitrogens with two attached hydrogens (primary N) is 1. The molecule has 2 aliphatic rings. The summed E-state index contributed by atoms with van der Waals surface area (Å²) in [4.78, 5) is 10.1. The molecule has 1 unspecified atom stereocenters. The van der Waals surface area contributed by atoms with Gasteiger partial charge in [0.1, 0.15) is 5.84 Å². The highest BCUT2D eigenvalue weighted by molar-refractivity contribution is 6.41. The first-order chi connectivity index (χ1) is 15.0. The van der Waals surface area contributed by atoms with Crippen LogP contribution in [0.2, 0.25) is 0 Å². The number of ether oxygens (including phenoxy) is 1. The van der Waals surface area contributed by atoms with Crippen molar-refractivity contribution >= 4 is 11.5 Å². The van der Waals surface area contributed by atoms with Crippen molar-refractivity contribution in [3.05, 3.63) is 59.2 Å². The lowest BCUT2D eigenvalue weighted by Crippen LogP contribution is -2.36. The molecule has 160 valence electrons. The molecule has 4 rings (SSSR count). The van der Waals surface area contributed by atoms with Crippen LogP contribution in [-0.4, -0.2) is 24.8 Å². The summed E-state index contributed by atoms with van der Waals surface area (Å²) in [6.45, 7) is 5.98. The topological polar surface area (TPSA) is 60.0 Å². The van der Waals surface area contributed by atoms with Crippen molar-refractivity contribution in [3.8, 4) is 23.0 Å². The molecule has 0 radical (unpaired) electrons. The summed E-state index contributed by atoms with van der Waals surface area (Å²) in [7, 11) is 1.80. The van der Waals surface area contributed by atoms with E-state index in [9.17, 15) is 0 Å². The van der Waals surface area contributed by atoms with Gasteiger partial charge in [-0.2, -0.15) is 0 Å². The molecule has 31 heavy (non-hydrogen) atoms. The van der Waals surface area contributed by atoms with Gasteiger partial charge in [0.25, 0.3) is 0 Å². The van der Waals surface area contributed by atoms with Crippen molar-refractivity contribution in [2.45, 2.75) is 58.2 Å². The van der Waals surface area contributed by atoms with Gasteiger partial charge in [0.2, 0.25) is 0 Å². The predicted molar refractivity (Wildman–Crippen MR) is 128 cm³/mol. The third-order valence-corrected chi connectivity index (χ3v) is 6.68. The summed E-state index contributed by atoms with van der Waals surface area (Å²) >= 11 is 0. The lowest BCUT2D eigenvalue weighted by Gasteiger charge is -2.38. The molecule has 2 N–H and O–H groups in total. The Morgan fingerprint density at radius 3 is 2.39 bits per heavy atom. The van der Waals surface area contributed by atoms with E-state index in [1.54, 1.807) is 7.11 Å². The maximum atomic E-state index is 6.28. The van der Waals surface area contributed by atoms with Gasteiger partial charge in [0.15, 0.2) is 5.66 Å². The molecule has 1 heterocycles. The lowest BCUT2D eigenvalue weighted by molar-refractivity contribution is 0.0426. The first-order valence-electron chi connectivity index (χ1n) is 11.1. The number of methoxy groups -OCH3 is 1. The van der Waals surface area contributed by atoms with E-state index >= 15 is 0 Å². The summed E-state index contributed by atoms with van der Waals surface area (Å²) in [6, 6.07) is 15.0. The van der Waals surface area contributed by atoms with Gasteiger partial charge in [-0.1, -0.05) is 30.2 Å². The molecule has 1 fully saturated rings. The Balaban J connectivity index is 1.81. The lowest BCUT2D eigenvalue weighted by atomic mass is 9.74. The van der Waals surface area contributed by atoms with E-state index in [1.807, 2.05) is 19.9 Å². The number of amidine groups is 1. The number of hydrogen-bond acceptors (Lipinski definition) is 4. The minimum atomic E-state index is -0.645. The second-order valence-electron chi connectivity index (χ2n) is 8.62. The molecule has 0 amide bonds. The molecule has 0 saturated heterocycles. The SMILES string of the molecule is CC#Cc1cccc(-c2ccc(C)c(C3(C4CCC(OC)CC4)N=C(C)C(N)=N3)c2)c1. The van der Waals surface area contributed by atoms with Crippen LogP contribution in [0, 0.1) is 24.7 Å². The normalized spacial score (nSPS) is 25.4. The van der Waals surface area contributed by atoms with Gasteiger partial charge in [0, 0.05) is 24.2 Å². The summed E-state index contributed by atoms with van der Waals surface area (Å²) in [5.41, 5.74) is 12.1. The van der Waals surface area contributed by atoms with Crippen LogP contribution in [0.25, 0.3) is 11.1 Å². The molecule has 1 aliphatic heterocycles. The quantitative estimate of drug-likeness (QED) is 0.698. The number of aliphatic imine (C=N–C) groups is 2. The Labute approximate surface area is 185 Å². The first-order valence-corrected chi connectivity index (χ1v) is 11.1. The Bertz CT molecular complexity index is 1080. The van der Waals surface area contributed by atoms with E-state index in [0.717, 1.165) is 53.6 Å². The fraction of sp³-hybridized carbons (Fsp3) is 0.407. The zero-order valence-electron chi connectivity index (χ0n) is 18.9. The Kier molecular flexibility index (Phi) is 5.98. The molecule has 0 spiro atoms. The number of rotatable bonds is 4. The molecule has 1 saturated carbocycles. The Morgan fingerprint density at radius 2 is 1.74 bits per heavy atom. The average Bonchev–Trinajstić information content (AvgIpc) is 3.09. The largest absolute Gasteiger partial charge is 0.382 e. The first kappa shape index (κ1) is 21.3. The molecule has 4 heteroatoms. The van der Waals surface area contributed by atoms with Crippen LogP contribution in [0.3, 0.4) is 0 Å². The van der Waals surface area contributed by atoms with Crippen LogP contribution < -0.4 is 5.73 Å². The number of hydrogen-bond donors (Lipinski definition) is 1. The number of nitrogens with zero attached hydrogens (tertiary/aromatic N) is 2. The predicted octanol–water partition coefficient (Wildman–Crippen LogP) is 5.22. The molecule has 0 bridgehead atoms. The third kappa shape index (κ3) is 4.03. The van der Waals surface area contributed by atoms with Crippen molar-refractivity contribution < 1.29 is 4.74 Å². The minimum absolute atomic E-state index is 0.307. The molecule has 2 aromatic carbocycles. The van der Waals surface area contributed by atoms with Crippen LogP contribution in [0.1, 0.15) is 56.2 Å². The van der Waals surface area contributed by atoms with Crippen LogP contribution in [0.15, 0.2) is 52.4 Å². The maximum absolute atomic E-state index is 6.28. The van der Waals surface area contributed by atoms with Gasteiger partial charge < -0.3 is 10.5 Å². The second kappa shape index (κ2) is 8.69. The maximum Gasteiger partial charge on any atom is 0.181 e. The van der Waals surface area contributed by atoms with Gasteiger partial charge in [-0.05, 0) is 81.3 Å². The van der Waals surface area contributed by atoms with Crippen molar-refractivity contribution in [1.82, 2.24) is 0 Å². The van der Waals surface area contributed by atoms with Crippen LogP contribution >= 0.6 is 0 Å². The molecule has 1 aliphatic carbocycles. The molecular weight excluding hydrogens is 382 g/mol. The van der Waals surface area contributed by atoms with Gasteiger partial charge in [-0.25, -0.2) is 4.99 Å². The van der Waals surface area contributed by atoms with Crippen LogP contribution in [0.4, 0.5) is 0 Å². The zero-order chi connectivity index (χ0) is 22.0. The monoisotopic (exact) mass is 413 g/mol. The number of aryl methyl sites for hydroxylation is 1. The minimum Gasteiger partial charge on any atom is -0.382 e. The highest BCUT2D eigenvalue weighted by Crippen LogP contribution is 2.47. The molecular formula is C27H31N3O. The van der Waals surface area contributed by atoms with Gasteiger partial charge >= 0.3 is 0 Å². The van der Waals surface area contributed by atoms with Gasteiger partial charge in [-0.15, -0.1) is 5.92 Å². The van der Waals surface area contributed by atoms with E-state index in [0.29, 0.717) is 17.9 Å². The second-order valence-corrected chi connectivity index (χ2v) is 8.62. The van der Waals surface area contributed by atoms with Gasteiger partial charge in [-0.3, -0.25) is 4.99 Å². The fourth-order valence-electron chi connectivity index (χ4n) is 4.95. The van der Waals surface area contributed by atoms with E-state index in [1.165, 1.54) is 5.56 Å². The van der Waals surface area contributed by atoms with Crippen molar-refractivity contribution in [3.63, 3.8) is 0 Å². The summed E-state index contributed by atoms with van der Waals surface area (Å²) < 4.78 is 5.61. The molecule has 2 aromatic rings. The van der Waals surface area contributed by atoms with E-state index in [-0.39, 0.29) is 0 Å². The average molecular weight is 414 g/mol. The zero-order valence-corrected chi connectivity index (χ0v) is 18.9. The molecule has 0 aromatic heterocycles. The standard InChI is InChI=1S/C27H31N3O/c1-5-7-20-8-6-9-21(16-20)22-11-10-18(2)25(17-22)27(29-19(3)26(28)30-27)23-12-14-24(31-4)15-13-23/h6,8-11,16-17,23-24H,12-15H2,1-4H3,(H2,28,30). The van der Waals surface area contributed by atoms with E-state index in [2.05, 4.69) is 55.2 Å². The van der Waals surface area contributed by atoms with E-state index < -0.39 is 5.66 Å². The molecule has 1 atom stereocenters. The Hall–Kier alpha value is -2.90. The van der Waals surface area contributed by atoms with Crippen molar-refractivity contribution in [2.24, 2.45) is 21.6 Å². The summed E-state index contributed by atoms with van der Waals surface area (Å²) in [6.07, 6.45) is 4.44. The highest BCUT2D eigenvalue weighted by atomic mass is 16.5.